The second-order valence-corrected chi connectivity index (χ2v) is 3.65. The first kappa shape index (κ1) is 6.78. The zero-order valence-corrected chi connectivity index (χ0v) is 6.53. The molecule has 0 saturated carbocycles. The molecule has 9 heavy (non-hydrogen) atoms. The van der Waals surface area contributed by atoms with Gasteiger partial charge in [-0.15, -0.1) is 11.3 Å². The largest absolute Gasteiger partial charge is 0.321 e. The Labute approximate surface area is 59.5 Å². The number of nitrogens with two attached hydrogens (primary N) is 1. The molecule has 0 bridgehead atoms. The van der Waals surface area contributed by atoms with E-state index >= 15 is 0 Å². The van der Waals surface area contributed by atoms with Crippen LogP contribution in [0.2, 0.25) is 0 Å². The van der Waals surface area contributed by atoms with Gasteiger partial charge in [0.05, 0.1) is 0 Å². The maximum Gasteiger partial charge on any atom is 0.0446 e. The standard InChI is InChI=1S/C7H11NS/c1-7(2,8)6-4-3-5-9-6/h3-5H,8H2,1-2H3. The number of hydrogen-bond donors (Lipinski definition) is 1. The summed E-state index contributed by atoms with van der Waals surface area (Å²) in [6.45, 7) is 4.03. The average Bonchev–Trinajstić information content (AvgIpc) is 2.08. The van der Waals surface area contributed by atoms with Crippen LogP contribution in [-0.4, -0.2) is 0 Å². The molecule has 0 atom stereocenters. The molecule has 0 aliphatic heterocycles. The molecule has 0 aliphatic carbocycles. The highest BCUT2D eigenvalue weighted by atomic mass is 32.1. The van der Waals surface area contributed by atoms with E-state index < -0.39 is 0 Å². The van der Waals surface area contributed by atoms with E-state index in [9.17, 15) is 0 Å². The Kier molecular flexibility index (Phi) is 1.60. The maximum absolute atomic E-state index is 5.81. The summed E-state index contributed by atoms with van der Waals surface area (Å²) in [6, 6.07) is 4.08. The van der Waals surface area contributed by atoms with Gasteiger partial charge in [-0.25, -0.2) is 0 Å². The lowest BCUT2D eigenvalue weighted by Crippen LogP contribution is -2.27. The van der Waals surface area contributed by atoms with Gasteiger partial charge in [-0.3, -0.25) is 0 Å². The number of rotatable bonds is 1. The second-order valence-electron chi connectivity index (χ2n) is 2.70. The van der Waals surface area contributed by atoms with Crippen LogP contribution in [0, 0.1) is 0 Å². The molecule has 0 saturated heterocycles. The second kappa shape index (κ2) is 2.12. The highest BCUT2D eigenvalue weighted by Crippen LogP contribution is 2.21. The number of thiophene rings is 1. The van der Waals surface area contributed by atoms with E-state index in [2.05, 4.69) is 6.07 Å². The van der Waals surface area contributed by atoms with Gasteiger partial charge in [-0.05, 0) is 25.3 Å². The van der Waals surface area contributed by atoms with Gasteiger partial charge in [0.25, 0.3) is 0 Å². The Hall–Kier alpha value is -0.340. The van der Waals surface area contributed by atoms with E-state index in [0.717, 1.165) is 0 Å². The lowest BCUT2D eigenvalue weighted by atomic mass is 10.1. The molecule has 0 spiro atoms. The molecule has 1 aromatic rings. The normalized spacial score (nSPS) is 11.9. The molecule has 0 fully saturated rings. The van der Waals surface area contributed by atoms with Gasteiger partial charge >= 0.3 is 0 Å². The molecular formula is C7H11NS. The summed E-state index contributed by atoms with van der Waals surface area (Å²) in [5.41, 5.74) is 5.65. The summed E-state index contributed by atoms with van der Waals surface area (Å²) in [5, 5.41) is 2.05. The minimum Gasteiger partial charge on any atom is -0.321 e. The van der Waals surface area contributed by atoms with E-state index in [-0.39, 0.29) is 5.54 Å². The maximum atomic E-state index is 5.81. The molecule has 2 heteroatoms. The Balaban J connectivity index is 2.90. The summed E-state index contributed by atoms with van der Waals surface area (Å²) in [4.78, 5) is 1.24. The van der Waals surface area contributed by atoms with Crippen molar-refractivity contribution < 1.29 is 0 Å². The molecule has 2 N–H and O–H groups in total. The van der Waals surface area contributed by atoms with E-state index in [1.165, 1.54) is 4.88 Å². The van der Waals surface area contributed by atoms with Gasteiger partial charge in [0, 0.05) is 10.4 Å². The topological polar surface area (TPSA) is 26.0 Å². The van der Waals surface area contributed by atoms with Crippen LogP contribution in [0.15, 0.2) is 17.5 Å². The molecule has 1 rings (SSSR count). The lowest BCUT2D eigenvalue weighted by molar-refractivity contribution is 0.567. The van der Waals surface area contributed by atoms with Crippen molar-refractivity contribution in [2.24, 2.45) is 5.73 Å². The fraction of sp³-hybridized carbons (Fsp3) is 0.429. The van der Waals surface area contributed by atoms with Gasteiger partial charge in [-0.1, -0.05) is 6.07 Å². The van der Waals surface area contributed by atoms with E-state index in [1.54, 1.807) is 11.3 Å². The van der Waals surface area contributed by atoms with Gasteiger partial charge < -0.3 is 5.73 Å². The van der Waals surface area contributed by atoms with Gasteiger partial charge in [0.15, 0.2) is 0 Å². The molecule has 0 unspecified atom stereocenters. The molecule has 0 aromatic carbocycles. The Bertz CT molecular complexity index is 171. The summed E-state index contributed by atoms with van der Waals surface area (Å²) in [5.74, 6) is 0. The molecular weight excluding hydrogens is 130 g/mol. The van der Waals surface area contributed by atoms with Gasteiger partial charge in [0.1, 0.15) is 0 Å². The molecule has 1 heterocycles. The molecule has 0 radical (unpaired) electrons. The van der Waals surface area contributed by atoms with Crippen molar-refractivity contribution in [3.63, 3.8) is 0 Å². The van der Waals surface area contributed by atoms with Crippen LogP contribution in [0.4, 0.5) is 0 Å². The van der Waals surface area contributed by atoms with Crippen LogP contribution < -0.4 is 5.73 Å². The third-order valence-corrected chi connectivity index (χ3v) is 2.37. The van der Waals surface area contributed by atoms with Gasteiger partial charge in [0.2, 0.25) is 0 Å². The first-order valence-electron chi connectivity index (χ1n) is 2.93. The van der Waals surface area contributed by atoms with Crippen LogP contribution in [0.1, 0.15) is 18.7 Å². The molecule has 0 amide bonds. The quantitative estimate of drug-likeness (QED) is 0.635. The average molecular weight is 141 g/mol. The first-order chi connectivity index (χ1) is 4.11. The minimum atomic E-state index is -0.159. The third kappa shape index (κ3) is 1.53. The zero-order valence-electron chi connectivity index (χ0n) is 5.72. The summed E-state index contributed by atoms with van der Waals surface area (Å²) in [6.07, 6.45) is 0. The van der Waals surface area contributed by atoms with Crippen LogP contribution >= 0.6 is 11.3 Å². The Morgan fingerprint density at radius 1 is 1.56 bits per heavy atom. The van der Waals surface area contributed by atoms with E-state index in [0.29, 0.717) is 0 Å². The van der Waals surface area contributed by atoms with Crippen LogP contribution in [-0.2, 0) is 5.54 Å². The predicted octanol–water partition coefficient (Wildman–Crippen LogP) is 1.94. The third-order valence-electron chi connectivity index (χ3n) is 1.16. The van der Waals surface area contributed by atoms with Crippen LogP contribution in [0.5, 0.6) is 0 Å². The van der Waals surface area contributed by atoms with Crippen molar-refractivity contribution in [1.29, 1.82) is 0 Å². The molecule has 0 aliphatic rings. The summed E-state index contributed by atoms with van der Waals surface area (Å²) < 4.78 is 0. The fourth-order valence-electron chi connectivity index (χ4n) is 0.645. The smallest absolute Gasteiger partial charge is 0.0446 e. The van der Waals surface area contributed by atoms with Crippen molar-refractivity contribution in [2.75, 3.05) is 0 Å². The minimum absolute atomic E-state index is 0.159. The van der Waals surface area contributed by atoms with E-state index in [1.807, 2.05) is 25.3 Å². The Morgan fingerprint density at radius 2 is 2.22 bits per heavy atom. The van der Waals surface area contributed by atoms with Crippen molar-refractivity contribution in [2.45, 2.75) is 19.4 Å². The highest BCUT2D eigenvalue weighted by molar-refractivity contribution is 7.10. The Morgan fingerprint density at radius 3 is 2.44 bits per heavy atom. The molecule has 50 valence electrons. The monoisotopic (exact) mass is 141 g/mol. The number of hydrogen-bond acceptors (Lipinski definition) is 2. The lowest BCUT2D eigenvalue weighted by Gasteiger charge is -2.15. The van der Waals surface area contributed by atoms with Crippen molar-refractivity contribution in [1.82, 2.24) is 0 Å². The van der Waals surface area contributed by atoms with Crippen molar-refractivity contribution in [3.05, 3.63) is 22.4 Å². The first-order valence-corrected chi connectivity index (χ1v) is 3.81. The predicted molar refractivity (Wildman–Crippen MR) is 41.5 cm³/mol. The SMILES string of the molecule is CC(C)(N)c1cccs1. The van der Waals surface area contributed by atoms with Crippen molar-refractivity contribution >= 4 is 11.3 Å². The fourth-order valence-corrected chi connectivity index (χ4v) is 1.41. The molecule has 1 nitrogen and oxygen atoms in total. The highest BCUT2D eigenvalue weighted by Gasteiger charge is 2.13. The zero-order chi connectivity index (χ0) is 6.91. The summed E-state index contributed by atoms with van der Waals surface area (Å²) >= 11 is 1.70. The molecule has 1 aromatic heterocycles. The van der Waals surface area contributed by atoms with Crippen LogP contribution in [0.25, 0.3) is 0 Å². The summed E-state index contributed by atoms with van der Waals surface area (Å²) in [7, 11) is 0. The van der Waals surface area contributed by atoms with Crippen molar-refractivity contribution in [3.8, 4) is 0 Å². The van der Waals surface area contributed by atoms with E-state index in [4.69, 9.17) is 5.73 Å². The van der Waals surface area contributed by atoms with Gasteiger partial charge in [-0.2, -0.15) is 0 Å². The van der Waals surface area contributed by atoms with Crippen LogP contribution in [0.3, 0.4) is 0 Å².